The number of imidazole rings is 1. The molecule has 3 aromatic heterocycles. The van der Waals surface area contributed by atoms with Crippen molar-refractivity contribution in [2.45, 2.75) is 70.6 Å². The Hall–Kier alpha value is -3.66. The molecule has 1 aliphatic rings. The van der Waals surface area contributed by atoms with Gasteiger partial charge in [0.2, 0.25) is 0 Å². The number of carboxylic acid groups (broad SMARTS) is 1. The summed E-state index contributed by atoms with van der Waals surface area (Å²) in [7, 11) is 0. The molecule has 4 aromatic rings. The SMILES string of the molecule is CC[C@H](Nc1ncnc2c1ncn2C1CCCCO1)c1nc(CCCCC(=O)O)c2ccccc2n1. The maximum atomic E-state index is 10.9. The first-order chi connectivity index (χ1) is 17.6. The van der Waals surface area contributed by atoms with Crippen LogP contribution in [0.3, 0.4) is 0 Å². The molecule has 10 heteroatoms. The fraction of sp³-hybridized carbons (Fsp3) is 0.462. The average Bonchev–Trinajstić information content (AvgIpc) is 3.35. The van der Waals surface area contributed by atoms with E-state index in [9.17, 15) is 4.79 Å². The quantitative estimate of drug-likeness (QED) is 0.301. The first-order valence-electron chi connectivity index (χ1n) is 12.7. The van der Waals surface area contributed by atoms with Crippen molar-refractivity contribution in [2.24, 2.45) is 0 Å². The number of carbonyl (C=O) groups is 1. The van der Waals surface area contributed by atoms with Gasteiger partial charge in [-0.25, -0.2) is 24.9 Å². The van der Waals surface area contributed by atoms with Gasteiger partial charge in [0.15, 0.2) is 22.8 Å². The zero-order valence-electron chi connectivity index (χ0n) is 20.4. The molecule has 188 valence electrons. The van der Waals surface area contributed by atoms with Crippen molar-refractivity contribution in [1.82, 2.24) is 29.5 Å². The number of rotatable bonds is 10. The number of aliphatic carboxylic acids is 1. The lowest BCUT2D eigenvalue weighted by Gasteiger charge is -2.23. The molecule has 4 heterocycles. The first kappa shape index (κ1) is 24.1. The number of para-hydroxylation sites is 1. The summed E-state index contributed by atoms with van der Waals surface area (Å²) in [5.41, 5.74) is 3.25. The van der Waals surface area contributed by atoms with Crippen LogP contribution >= 0.6 is 0 Å². The normalized spacial score (nSPS) is 16.9. The third kappa shape index (κ3) is 5.13. The van der Waals surface area contributed by atoms with Gasteiger partial charge in [-0.05, 0) is 51.0 Å². The zero-order valence-corrected chi connectivity index (χ0v) is 20.4. The summed E-state index contributed by atoms with van der Waals surface area (Å²) in [4.78, 5) is 34.3. The van der Waals surface area contributed by atoms with E-state index in [0.717, 1.165) is 61.0 Å². The van der Waals surface area contributed by atoms with Crippen molar-refractivity contribution in [2.75, 3.05) is 11.9 Å². The molecule has 36 heavy (non-hydrogen) atoms. The molecule has 5 rings (SSSR count). The van der Waals surface area contributed by atoms with E-state index < -0.39 is 5.97 Å². The Morgan fingerprint density at radius 2 is 2.08 bits per heavy atom. The molecular formula is C26H31N7O3. The average molecular weight is 490 g/mol. The van der Waals surface area contributed by atoms with Gasteiger partial charge in [-0.2, -0.15) is 0 Å². The molecule has 2 N–H and O–H groups in total. The molecule has 1 unspecified atom stereocenters. The number of anilines is 1. The van der Waals surface area contributed by atoms with Gasteiger partial charge in [-0.3, -0.25) is 9.36 Å². The number of aryl methyl sites for hydroxylation is 1. The monoisotopic (exact) mass is 489 g/mol. The van der Waals surface area contributed by atoms with Gasteiger partial charge < -0.3 is 15.2 Å². The highest BCUT2D eigenvalue weighted by atomic mass is 16.5. The number of nitrogens with zero attached hydrogens (tertiary/aromatic N) is 6. The molecule has 0 bridgehead atoms. The predicted molar refractivity (Wildman–Crippen MR) is 136 cm³/mol. The van der Waals surface area contributed by atoms with Crippen LogP contribution < -0.4 is 5.32 Å². The number of hydrogen-bond acceptors (Lipinski definition) is 8. The Kier molecular flexibility index (Phi) is 7.31. The van der Waals surface area contributed by atoms with E-state index >= 15 is 0 Å². The van der Waals surface area contributed by atoms with Crippen LogP contribution in [0.25, 0.3) is 22.1 Å². The van der Waals surface area contributed by atoms with Crippen LogP contribution in [0.4, 0.5) is 5.82 Å². The molecule has 0 aliphatic carbocycles. The van der Waals surface area contributed by atoms with Crippen LogP contribution in [0.5, 0.6) is 0 Å². The highest BCUT2D eigenvalue weighted by molar-refractivity contribution is 5.83. The number of nitrogens with one attached hydrogen (secondary N) is 1. The van der Waals surface area contributed by atoms with Crippen LogP contribution in [-0.2, 0) is 16.0 Å². The fourth-order valence-electron chi connectivity index (χ4n) is 4.70. The van der Waals surface area contributed by atoms with Crippen molar-refractivity contribution in [1.29, 1.82) is 0 Å². The second-order valence-corrected chi connectivity index (χ2v) is 9.12. The van der Waals surface area contributed by atoms with Gasteiger partial charge in [-0.1, -0.05) is 25.1 Å². The number of carboxylic acids is 1. The number of ether oxygens (including phenoxy) is 1. The number of hydrogen-bond donors (Lipinski definition) is 2. The summed E-state index contributed by atoms with van der Waals surface area (Å²) in [5, 5.41) is 13.5. The van der Waals surface area contributed by atoms with E-state index in [0.29, 0.717) is 30.0 Å². The van der Waals surface area contributed by atoms with Crippen molar-refractivity contribution in [3.05, 3.63) is 48.4 Å². The van der Waals surface area contributed by atoms with E-state index in [1.54, 1.807) is 12.7 Å². The Labute approximate surface area is 209 Å². The minimum absolute atomic E-state index is 0.0546. The van der Waals surface area contributed by atoms with Crippen LogP contribution in [0.1, 0.15) is 75.7 Å². The second-order valence-electron chi connectivity index (χ2n) is 9.12. The Bertz CT molecular complexity index is 1350. The van der Waals surface area contributed by atoms with Gasteiger partial charge in [-0.15, -0.1) is 0 Å². The maximum absolute atomic E-state index is 10.9. The Morgan fingerprint density at radius 1 is 1.19 bits per heavy atom. The number of fused-ring (bicyclic) bond motifs is 2. The lowest BCUT2D eigenvalue weighted by molar-refractivity contribution is -0.137. The summed E-state index contributed by atoms with van der Waals surface area (Å²) in [6.07, 6.45) is 9.39. The summed E-state index contributed by atoms with van der Waals surface area (Å²) < 4.78 is 7.93. The van der Waals surface area contributed by atoms with Crippen molar-refractivity contribution in [3.8, 4) is 0 Å². The van der Waals surface area contributed by atoms with Gasteiger partial charge in [0.05, 0.1) is 23.6 Å². The molecular weight excluding hydrogens is 458 g/mol. The van der Waals surface area contributed by atoms with Gasteiger partial charge in [0.25, 0.3) is 0 Å². The zero-order chi connectivity index (χ0) is 24.9. The topological polar surface area (TPSA) is 128 Å². The number of benzene rings is 1. The van der Waals surface area contributed by atoms with Crippen LogP contribution in [-0.4, -0.2) is 47.2 Å². The number of aromatic nitrogens is 6. The van der Waals surface area contributed by atoms with E-state index in [1.807, 2.05) is 28.8 Å². The molecule has 0 saturated carbocycles. The smallest absolute Gasteiger partial charge is 0.303 e. The minimum atomic E-state index is -0.771. The molecule has 1 fully saturated rings. The maximum Gasteiger partial charge on any atom is 0.303 e. The summed E-state index contributed by atoms with van der Waals surface area (Å²) in [6, 6.07) is 7.78. The van der Waals surface area contributed by atoms with Crippen LogP contribution in [0.2, 0.25) is 0 Å². The predicted octanol–water partition coefficient (Wildman–Crippen LogP) is 4.83. The van der Waals surface area contributed by atoms with Crippen LogP contribution in [0.15, 0.2) is 36.9 Å². The highest BCUT2D eigenvalue weighted by Gasteiger charge is 2.22. The van der Waals surface area contributed by atoms with Crippen molar-refractivity contribution >= 4 is 33.9 Å². The van der Waals surface area contributed by atoms with Crippen molar-refractivity contribution < 1.29 is 14.6 Å². The Balaban J connectivity index is 1.43. The molecule has 0 spiro atoms. The van der Waals surface area contributed by atoms with E-state index in [1.165, 1.54) is 0 Å². The summed E-state index contributed by atoms with van der Waals surface area (Å²) in [5.74, 6) is 0.555. The molecule has 10 nitrogen and oxygen atoms in total. The lowest BCUT2D eigenvalue weighted by atomic mass is 10.1. The second kappa shape index (κ2) is 10.9. The van der Waals surface area contributed by atoms with Crippen LogP contribution in [0, 0.1) is 0 Å². The Morgan fingerprint density at radius 3 is 2.89 bits per heavy atom. The standard InChI is InChI=1S/C26H31N7O3/c1-2-18(24-31-19-10-4-3-9-17(19)20(32-24)11-5-6-13-22(34)35)30-25-23-26(28-15-27-25)33(16-29-23)21-12-7-8-14-36-21/h3-4,9-10,15-16,18,21H,2,5-8,11-14H2,1H3,(H,34,35)(H,27,28,30)/t18-,21?/m0/s1. The van der Waals surface area contributed by atoms with Gasteiger partial charge in [0, 0.05) is 18.4 Å². The highest BCUT2D eigenvalue weighted by Crippen LogP contribution is 2.29. The van der Waals surface area contributed by atoms with E-state index in [-0.39, 0.29) is 18.7 Å². The molecule has 1 saturated heterocycles. The lowest BCUT2D eigenvalue weighted by Crippen LogP contribution is -2.18. The molecule has 1 aliphatic heterocycles. The third-order valence-corrected chi connectivity index (χ3v) is 6.61. The molecule has 1 aromatic carbocycles. The van der Waals surface area contributed by atoms with E-state index in [2.05, 4.69) is 27.2 Å². The largest absolute Gasteiger partial charge is 0.481 e. The molecule has 0 amide bonds. The fourth-order valence-corrected chi connectivity index (χ4v) is 4.70. The third-order valence-electron chi connectivity index (χ3n) is 6.61. The van der Waals surface area contributed by atoms with Gasteiger partial charge in [0.1, 0.15) is 12.6 Å². The van der Waals surface area contributed by atoms with Crippen molar-refractivity contribution in [3.63, 3.8) is 0 Å². The first-order valence-corrected chi connectivity index (χ1v) is 12.7. The number of unbranched alkanes of at least 4 members (excludes halogenated alkanes) is 1. The molecule has 2 atom stereocenters. The summed E-state index contributed by atoms with van der Waals surface area (Å²) >= 11 is 0. The summed E-state index contributed by atoms with van der Waals surface area (Å²) in [6.45, 7) is 2.83. The molecule has 0 radical (unpaired) electrons. The minimum Gasteiger partial charge on any atom is -0.481 e. The van der Waals surface area contributed by atoms with Gasteiger partial charge >= 0.3 is 5.97 Å². The van der Waals surface area contributed by atoms with E-state index in [4.69, 9.17) is 19.8 Å².